The summed E-state index contributed by atoms with van der Waals surface area (Å²) < 4.78 is 10.5. The lowest BCUT2D eigenvalue weighted by molar-refractivity contribution is -0.144. The summed E-state index contributed by atoms with van der Waals surface area (Å²) >= 11 is 0. The second kappa shape index (κ2) is 14.2. The third kappa shape index (κ3) is 9.22. The summed E-state index contributed by atoms with van der Waals surface area (Å²) in [6, 6.07) is 9.81. The Morgan fingerprint density at radius 3 is 2.19 bits per heavy atom. The van der Waals surface area contributed by atoms with E-state index < -0.39 is 41.6 Å². The first-order chi connectivity index (χ1) is 19.8. The Bertz CT molecular complexity index is 1250. The molecular weight excluding hydrogens is 538 g/mol. The summed E-state index contributed by atoms with van der Waals surface area (Å²) in [5.41, 5.74) is 2.31. The van der Waals surface area contributed by atoms with Gasteiger partial charge in [-0.3, -0.25) is 14.4 Å². The van der Waals surface area contributed by atoms with E-state index in [1.165, 1.54) is 12.1 Å². The number of ether oxygens (including phenoxy) is 2. The highest BCUT2D eigenvalue weighted by atomic mass is 16.6. The van der Waals surface area contributed by atoms with Crippen molar-refractivity contribution in [3.8, 4) is 5.75 Å². The highest BCUT2D eigenvalue weighted by molar-refractivity contribution is 5.93. The molecule has 0 heterocycles. The van der Waals surface area contributed by atoms with E-state index in [2.05, 4.69) is 10.6 Å². The number of amides is 3. The second-order valence-corrected chi connectivity index (χ2v) is 11.6. The molecule has 2 aromatic carbocycles. The van der Waals surface area contributed by atoms with E-state index in [4.69, 9.17) is 9.47 Å². The number of benzene rings is 2. The number of aryl methyl sites for hydroxylation is 2. The molecule has 3 N–H and O–H groups in total. The molecule has 10 nitrogen and oxygen atoms in total. The maximum atomic E-state index is 14.5. The van der Waals surface area contributed by atoms with Crippen LogP contribution in [0.2, 0.25) is 0 Å². The van der Waals surface area contributed by atoms with Crippen LogP contribution < -0.4 is 10.6 Å². The van der Waals surface area contributed by atoms with Crippen molar-refractivity contribution in [3.63, 3.8) is 0 Å². The van der Waals surface area contributed by atoms with Crippen LogP contribution in [0.5, 0.6) is 5.75 Å². The molecular formula is C32H43N3O7. The van der Waals surface area contributed by atoms with Crippen molar-refractivity contribution in [1.82, 2.24) is 15.5 Å². The fourth-order valence-electron chi connectivity index (χ4n) is 4.84. The standard InChI is InChI=1S/C32H43N3O7/c1-7-41-26(37)17-18-33-29(38)28(27-20(2)9-8-10-21(27)3)35(23-13-14-23)30(39)25(34-31(40)42-32(4,5)6)19-22-11-15-24(36)16-12-22/h8-12,15-16,23,25,28,36H,7,13-14,17-19H2,1-6H3,(H,33,38)(H,34,40). The maximum Gasteiger partial charge on any atom is 0.408 e. The van der Waals surface area contributed by atoms with E-state index in [1.54, 1.807) is 44.7 Å². The number of phenolic OH excluding ortho intramolecular Hbond substituents is 1. The number of phenols is 1. The van der Waals surface area contributed by atoms with Gasteiger partial charge in [-0.2, -0.15) is 0 Å². The van der Waals surface area contributed by atoms with Gasteiger partial charge in [0.15, 0.2) is 0 Å². The number of carbonyl (C=O) groups is 4. The van der Waals surface area contributed by atoms with Crippen LogP contribution in [-0.2, 0) is 30.3 Å². The Morgan fingerprint density at radius 2 is 1.64 bits per heavy atom. The van der Waals surface area contributed by atoms with E-state index >= 15 is 0 Å². The zero-order valence-electron chi connectivity index (χ0n) is 25.4. The second-order valence-electron chi connectivity index (χ2n) is 11.6. The van der Waals surface area contributed by atoms with Gasteiger partial charge in [-0.05, 0) is 88.8 Å². The van der Waals surface area contributed by atoms with Gasteiger partial charge in [-0.25, -0.2) is 4.79 Å². The molecule has 42 heavy (non-hydrogen) atoms. The van der Waals surface area contributed by atoms with Gasteiger partial charge in [0, 0.05) is 19.0 Å². The van der Waals surface area contributed by atoms with Gasteiger partial charge in [-0.1, -0.05) is 30.3 Å². The highest BCUT2D eigenvalue weighted by Gasteiger charge is 2.45. The number of carbonyl (C=O) groups excluding carboxylic acids is 4. The van der Waals surface area contributed by atoms with Crippen LogP contribution in [0, 0.1) is 13.8 Å². The predicted octanol–water partition coefficient (Wildman–Crippen LogP) is 4.25. The Labute approximate surface area is 247 Å². The largest absolute Gasteiger partial charge is 0.508 e. The van der Waals surface area contributed by atoms with Crippen molar-refractivity contribution in [2.24, 2.45) is 0 Å². The average Bonchev–Trinajstić information content (AvgIpc) is 3.73. The van der Waals surface area contributed by atoms with Crippen LogP contribution in [0.15, 0.2) is 42.5 Å². The molecule has 0 aromatic heterocycles. The van der Waals surface area contributed by atoms with Gasteiger partial charge in [0.05, 0.1) is 13.0 Å². The Hall–Kier alpha value is -4.08. The number of nitrogens with zero attached hydrogens (tertiary/aromatic N) is 1. The van der Waals surface area contributed by atoms with E-state index in [9.17, 15) is 24.3 Å². The molecule has 2 unspecified atom stereocenters. The van der Waals surface area contributed by atoms with Gasteiger partial charge in [0.1, 0.15) is 23.4 Å². The van der Waals surface area contributed by atoms with Gasteiger partial charge >= 0.3 is 12.1 Å². The lowest BCUT2D eigenvalue weighted by atomic mass is 9.93. The number of hydrogen-bond acceptors (Lipinski definition) is 7. The number of hydrogen-bond donors (Lipinski definition) is 3. The smallest absolute Gasteiger partial charge is 0.408 e. The van der Waals surface area contributed by atoms with Crippen LogP contribution in [0.4, 0.5) is 4.79 Å². The first kappa shape index (κ1) is 32.4. The molecule has 1 saturated carbocycles. The Kier molecular flexibility index (Phi) is 11.0. The minimum atomic E-state index is -1.05. The molecule has 1 aliphatic carbocycles. The van der Waals surface area contributed by atoms with Crippen LogP contribution >= 0.6 is 0 Å². The molecule has 0 spiro atoms. The molecule has 0 bridgehead atoms. The number of aromatic hydroxyl groups is 1. The van der Waals surface area contributed by atoms with Crippen LogP contribution in [0.3, 0.4) is 0 Å². The van der Waals surface area contributed by atoms with Crippen molar-refractivity contribution >= 4 is 23.9 Å². The molecule has 2 atom stereocenters. The summed E-state index contributed by atoms with van der Waals surface area (Å²) in [6.07, 6.45) is 0.785. The van der Waals surface area contributed by atoms with Crippen molar-refractivity contribution in [3.05, 3.63) is 64.7 Å². The maximum absolute atomic E-state index is 14.5. The third-order valence-electron chi connectivity index (χ3n) is 6.84. The topological polar surface area (TPSA) is 134 Å². The quantitative estimate of drug-likeness (QED) is 0.319. The van der Waals surface area contributed by atoms with E-state index in [-0.39, 0.29) is 37.8 Å². The molecule has 228 valence electrons. The fraction of sp³-hybridized carbons (Fsp3) is 0.500. The zero-order chi connectivity index (χ0) is 31.0. The lowest BCUT2D eigenvalue weighted by Gasteiger charge is -2.36. The molecule has 0 saturated heterocycles. The molecule has 2 aromatic rings. The molecule has 0 radical (unpaired) electrons. The highest BCUT2D eigenvalue weighted by Crippen LogP contribution is 2.38. The van der Waals surface area contributed by atoms with Crippen molar-refractivity contribution in [2.75, 3.05) is 13.2 Å². The molecule has 1 aliphatic rings. The summed E-state index contributed by atoms with van der Waals surface area (Å²) in [7, 11) is 0. The summed E-state index contributed by atoms with van der Waals surface area (Å²) in [5, 5.41) is 15.3. The monoisotopic (exact) mass is 581 g/mol. The number of esters is 1. The Morgan fingerprint density at radius 1 is 1.02 bits per heavy atom. The van der Waals surface area contributed by atoms with Crippen molar-refractivity contribution in [2.45, 2.75) is 91.0 Å². The number of alkyl carbamates (subject to hydrolysis) is 1. The molecule has 3 rings (SSSR count). The average molecular weight is 582 g/mol. The van der Waals surface area contributed by atoms with Gasteiger partial charge in [0.25, 0.3) is 0 Å². The van der Waals surface area contributed by atoms with Gasteiger partial charge in [0.2, 0.25) is 11.8 Å². The summed E-state index contributed by atoms with van der Waals surface area (Å²) in [6.45, 7) is 11.0. The van der Waals surface area contributed by atoms with Gasteiger partial charge in [-0.15, -0.1) is 0 Å². The first-order valence-electron chi connectivity index (χ1n) is 14.4. The van der Waals surface area contributed by atoms with Gasteiger partial charge < -0.3 is 30.1 Å². The third-order valence-corrected chi connectivity index (χ3v) is 6.84. The Balaban J connectivity index is 2.00. The first-order valence-corrected chi connectivity index (χ1v) is 14.4. The number of rotatable bonds is 12. The molecule has 3 amide bonds. The van der Waals surface area contributed by atoms with Crippen molar-refractivity contribution in [1.29, 1.82) is 0 Å². The van der Waals surface area contributed by atoms with Crippen molar-refractivity contribution < 1.29 is 33.8 Å². The minimum Gasteiger partial charge on any atom is -0.508 e. The van der Waals surface area contributed by atoms with E-state index in [1.807, 2.05) is 32.0 Å². The number of nitrogens with one attached hydrogen (secondary N) is 2. The minimum absolute atomic E-state index is 0.000105. The molecule has 1 fully saturated rings. The van der Waals surface area contributed by atoms with E-state index in [0.29, 0.717) is 24.0 Å². The van der Waals surface area contributed by atoms with Crippen LogP contribution in [0.25, 0.3) is 0 Å². The summed E-state index contributed by atoms with van der Waals surface area (Å²) in [5.74, 6) is -1.19. The zero-order valence-corrected chi connectivity index (χ0v) is 25.4. The normalized spacial score (nSPS) is 14.3. The van der Waals surface area contributed by atoms with Crippen LogP contribution in [0.1, 0.15) is 75.3 Å². The van der Waals surface area contributed by atoms with E-state index in [0.717, 1.165) is 11.1 Å². The molecule has 10 heteroatoms. The predicted molar refractivity (Wildman–Crippen MR) is 158 cm³/mol. The fourth-order valence-corrected chi connectivity index (χ4v) is 4.84. The molecule has 0 aliphatic heterocycles. The SMILES string of the molecule is CCOC(=O)CCNC(=O)C(c1c(C)cccc1C)N(C(=O)C(Cc1ccc(O)cc1)NC(=O)OC(C)(C)C)C1CC1. The lowest BCUT2D eigenvalue weighted by Crippen LogP contribution is -2.54. The summed E-state index contributed by atoms with van der Waals surface area (Å²) in [4.78, 5) is 54.7. The van der Waals surface area contributed by atoms with Crippen LogP contribution in [-0.4, -0.2) is 64.7 Å².